The predicted molar refractivity (Wildman–Crippen MR) is 62.1 cm³/mol. The first-order chi connectivity index (χ1) is 6.73. The number of benzene rings is 1. The summed E-state index contributed by atoms with van der Waals surface area (Å²) in [4.78, 5) is 0.322. The van der Waals surface area contributed by atoms with Gasteiger partial charge in [-0.25, -0.2) is 4.21 Å². The molecule has 84 valence electrons. The van der Waals surface area contributed by atoms with Crippen molar-refractivity contribution >= 4 is 11.2 Å². The SMILES string of the molecule is Cc1cc(C(C)(C)C)cc(C)c1[S@](=O)F. The summed E-state index contributed by atoms with van der Waals surface area (Å²) >= 11 is -2.39. The summed E-state index contributed by atoms with van der Waals surface area (Å²) in [5.41, 5.74) is 2.71. The highest BCUT2D eigenvalue weighted by atomic mass is 32.2. The first-order valence-corrected chi connectivity index (χ1v) is 5.98. The number of hydrogen-bond acceptors (Lipinski definition) is 1. The van der Waals surface area contributed by atoms with Gasteiger partial charge in [0.15, 0.2) is 0 Å². The maximum absolute atomic E-state index is 12.9. The van der Waals surface area contributed by atoms with Crippen molar-refractivity contribution in [1.82, 2.24) is 0 Å². The Bertz CT molecular complexity index is 382. The topological polar surface area (TPSA) is 17.1 Å². The van der Waals surface area contributed by atoms with Crippen LogP contribution in [-0.2, 0) is 16.6 Å². The molecule has 0 saturated heterocycles. The summed E-state index contributed by atoms with van der Waals surface area (Å²) in [6, 6.07) is 3.83. The molecule has 1 nitrogen and oxygen atoms in total. The average molecular weight is 228 g/mol. The molecule has 0 aliphatic carbocycles. The van der Waals surface area contributed by atoms with Crippen molar-refractivity contribution < 1.29 is 8.09 Å². The smallest absolute Gasteiger partial charge is 0.219 e. The van der Waals surface area contributed by atoms with E-state index in [0.717, 1.165) is 16.7 Å². The van der Waals surface area contributed by atoms with Gasteiger partial charge in [0.2, 0.25) is 11.2 Å². The van der Waals surface area contributed by atoms with E-state index >= 15 is 0 Å². The van der Waals surface area contributed by atoms with Crippen LogP contribution >= 0.6 is 0 Å². The first kappa shape index (κ1) is 12.4. The fourth-order valence-corrected chi connectivity index (χ4v) is 2.26. The fourth-order valence-electron chi connectivity index (χ4n) is 1.64. The third-order valence-corrected chi connectivity index (χ3v) is 3.45. The minimum atomic E-state index is -2.39. The van der Waals surface area contributed by atoms with Gasteiger partial charge < -0.3 is 0 Å². The van der Waals surface area contributed by atoms with Crippen molar-refractivity contribution in [3.8, 4) is 0 Å². The van der Waals surface area contributed by atoms with Crippen LogP contribution in [0.3, 0.4) is 0 Å². The van der Waals surface area contributed by atoms with E-state index in [9.17, 15) is 8.09 Å². The Hall–Kier alpha value is -0.700. The quantitative estimate of drug-likeness (QED) is 0.671. The Labute approximate surface area is 93.5 Å². The molecule has 0 fully saturated rings. The minimum absolute atomic E-state index is 0.0336. The minimum Gasteiger partial charge on any atom is -0.219 e. The molecule has 0 heterocycles. The largest absolute Gasteiger partial charge is 0.231 e. The molecule has 0 unspecified atom stereocenters. The summed E-state index contributed by atoms with van der Waals surface area (Å²) < 4.78 is 23.7. The van der Waals surface area contributed by atoms with Gasteiger partial charge in [-0.05, 0) is 36.0 Å². The predicted octanol–water partition coefficient (Wildman–Crippen LogP) is 3.59. The highest BCUT2D eigenvalue weighted by Gasteiger charge is 2.18. The summed E-state index contributed by atoms with van der Waals surface area (Å²) in [7, 11) is 0. The van der Waals surface area contributed by atoms with Crippen LogP contribution in [-0.4, -0.2) is 4.21 Å². The Morgan fingerprint density at radius 1 is 1.13 bits per heavy atom. The molecular formula is C12H17FOS. The molecule has 1 aromatic rings. The van der Waals surface area contributed by atoms with Gasteiger partial charge in [0.25, 0.3) is 0 Å². The van der Waals surface area contributed by atoms with Crippen LogP contribution < -0.4 is 0 Å². The summed E-state index contributed by atoms with van der Waals surface area (Å²) in [6.07, 6.45) is 0. The van der Waals surface area contributed by atoms with Crippen molar-refractivity contribution in [3.63, 3.8) is 0 Å². The molecule has 0 aliphatic rings. The standard InChI is InChI=1S/C12H17FOS/c1-8-6-10(12(3,4)5)7-9(2)11(8)15(13)14/h6-7H,1-5H3/t15-/m0/s1. The third-order valence-electron chi connectivity index (χ3n) is 2.49. The van der Waals surface area contributed by atoms with E-state index in [-0.39, 0.29) is 5.41 Å². The van der Waals surface area contributed by atoms with Crippen LogP contribution in [0.1, 0.15) is 37.5 Å². The Balaban J connectivity index is 3.39. The van der Waals surface area contributed by atoms with Gasteiger partial charge in [0.1, 0.15) is 0 Å². The van der Waals surface area contributed by atoms with E-state index in [1.54, 1.807) is 13.8 Å². The second-order valence-corrected chi connectivity index (χ2v) is 5.77. The van der Waals surface area contributed by atoms with Crippen molar-refractivity contribution in [1.29, 1.82) is 0 Å². The maximum Gasteiger partial charge on any atom is 0.231 e. The van der Waals surface area contributed by atoms with Crippen LogP contribution in [0.15, 0.2) is 17.0 Å². The zero-order valence-corrected chi connectivity index (χ0v) is 10.7. The molecule has 0 bridgehead atoms. The van der Waals surface area contributed by atoms with Crippen LogP contribution in [0, 0.1) is 13.8 Å². The lowest BCUT2D eigenvalue weighted by molar-refractivity contribution is 0.587. The fraction of sp³-hybridized carbons (Fsp3) is 0.500. The van der Waals surface area contributed by atoms with E-state index in [2.05, 4.69) is 20.8 Å². The van der Waals surface area contributed by atoms with Crippen molar-refractivity contribution in [3.05, 3.63) is 28.8 Å². The van der Waals surface area contributed by atoms with Gasteiger partial charge in [-0.1, -0.05) is 32.9 Å². The summed E-state index contributed by atoms with van der Waals surface area (Å²) in [5.74, 6) is 0. The molecule has 3 heteroatoms. The van der Waals surface area contributed by atoms with Gasteiger partial charge in [-0.15, -0.1) is 3.89 Å². The Morgan fingerprint density at radius 2 is 1.53 bits per heavy atom. The van der Waals surface area contributed by atoms with Gasteiger partial charge >= 0.3 is 0 Å². The molecule has 0 radical (unpaired) electrons. The van der Waals surface area contributed by atoms with Crippen LogP contribution in [0.5, 0.6) is 0 Å². The highest BCUT2D eigenvalue weighted by molar-refractivity contribution is 7.80. The zero-order valence-electron chi connectivity index (χ0n) is 9.85. The first-order valence-electron chi connectivity index (χ1n) is 4.93. The highest BCUT2D eigenvalue weighted by Crippen LogP contribution is 2.28. The Kier molecular flexibility index (Phi) is 3.34. The van der Waals surface area contributed by atoms with Crippen molar-refractivity contribution in [2.75, 3.05) is 0 Å². The van der Waals surface area contributed by atoms with E-state index < -0.39 is 11.2 Å². The van der Waals surface area contributed by atoms with E-state index in [1.165, 1.54) is 0 Å². The van der Waals surface area contributed by atoms with E-state index in [1.807, 2.05) is 12.1 Å². The molecule has 0 amide bonds. The summed E-state index contributed by atoms with van der Waals surface area (Å²) in [5, 5.41) is 0. The van der Waals surface area contributed by atoms with Gasteiger partial charge in [-0.3, -0.25) is 0 Å². The van der Waals surface area contributed by atoms with E-state index in [4.69, 9.17) is 0 Å². The Morgan fingerprint density at radius 3 is 1.80 bits per heavy atom. The molecule has 0 aromatic heterocycles. The van der Waals surface area contributed by atoms with Gasteiger partial charge in [0.05, 0.1) is 4.90 Å². The monoisotopic (exact) mass is 228 g/mol. The lowest BCUT2D eigenvalue weighted by Gasteiger charge is -2.21. The molecule has 1 aromatic carbocycles. The number of halogens is 1. The van der Waals surface area contributed by atoms with Gasteiger partial charge in [-0.2, -0.15) is 0 Å². The molecule has 1 rings (SSSR count). The van der Waals surface area contributed by atoms with E-state index in [0.29, 0.717) is 4.90 Å². The van der Waals surface area contributed by atoms with Gasteiger partial charge in [0, 0.05) is 0 Å². The third kappa shape index (κ3) is 2.65. The number of aryl methyl sites for hydroxylation is 2. The number of rotatable bonds is 1. The molecule has 1 atom stereocenters. The van der Waals surface area contributed by atoms with Crippen LogP contribution in [0.25, 0.3) is 0 Å². The average Bonchev–Trinajstić information content (AvgIpc) is 1.99. The lowest BCUT2D eigenvalue weighted by Crippen LogP contribution is -2.12. The molecule has 15 heavy (non-hydrogen) atoms. The summed E-state index contributed by atoms with van der Waals surface area (Å²) in [6.45, 7) is 9.91. The van der Waals surface area contributed by atoms with Crippen molar-refractivity contribution in [2.24, 2.45) is 0 Å². The molecule has 0 spiro atoms. The van der Waals surface area contributed by atoms with Crippen LogP contribution in [0.4, 0.5) is 3.89 Å². The normalized spacial score (nSPS) is 14.0. The lowest BCUT2D eigenvalue weighted by atomic mass is 9.85. The molecule has 0 saturated carbocycles. The van der Waals surface area contributed by atoms with Crippen molar-refractivity contribution in [2.45, 2.75) is 44.9 Å². The molecule has 0 N–H and O–H groups in total. The second-order valence-electron chi connectivity index (χ2n) is 4.91. The molecular weight excluding hydrogens is 211 g/mol. The second kappa shape index (κ2) is 4.05. The molecule has 0 aliphatic heterocycles. The number of hydrogen-bond donors (Lipinski definition) is 0. The zero-order chi connectivity index (χ0) is 11.8. The van der Waals surface area contributed by atoms with Crippen LogP contribution in [0.2, 0.25) is 0 Å². The maximum atomic E-state index is 12.9.